The highest BCUT2D eigenvalue weighted by atomic mass is 16.6. The summed E-state index contributed by atoms with van der Waals surface area (Å²) in [6.45, 7) is 3.97. The Hall–Kier alpha value is -1.29. The fourth-order valence-corrected chi connectivity index (χ4v) is 1.48. The van der Waals surface area contributed by atoms with Gasteiger partial charge in [-0.05, 0) is 12.2 Å². The van der Waals surface area contributed by atoms with Gasteiger partial charge in [0, 0.05) is 6.42 Å². The Morgan fingerprint density at radius 2 is 2.62 bits per heavy atom. The quantitative estimate of drug-likeness (QED) is 0.624. The summed E-state index contributed by atoms with van der Waals surface area (Å²) in [6.07, 6.45) is 3.58. The molecular weight excluding hydrogens is 170 g/mol. The number of nitrogens with one attached hydrogen (secondary N) is 1. The first-order valence-corrected chi connectivity index (χ1v) is 4.21. The molecule has 0 spiro atoms. The van der Waals surface area contributed by atoms with Crippen LogP contribution in [0.5, 0.6) is 0 Å². The van der Waals surface area contributed by atoms with E-state index in [-0.39, 0.29) is 18.2 Å². The number of carbonyl (C=O) groups is 1. The monoisotopic (exact) mass is 181 g/mol. The minimum atomic E-state index is -0.262. The average Bonchev–Trinajstić information content (AvgIpc) is 2.63. The zero-order valence-electron chi connectivity index (χ0n) is 7.16. The number of fused-ring (bicyclic) bond motifs is 1. The summed E-state index contributed by atoms with van der Waals surface area (Å²) in [7, 11) is 0. The van der Waals surface area contributed by atoms with E-state index in [4.69, 9.17) is 9.47 Å². The largest absolute Gasteiger partial charge is 0.472 e. The number of rotatable bonds is 2. The fourth-order valence-electron chi connectivity index (χ4n) is 1.48. The summed E-state index contributed by atoms with van der Waals surface area (Å²) in [5.41, 5.74) is 0. The van der Waals surface area contributed by atoms with Gasteiger partial charge >= 0.3 is 0 Å². The Labute approximate surface area is 76.2 Å². The standard InChI is InChI=1S/C9H11NO3/c1-2-8(11)10-9-5-7-6(13-9)3-4-12-7/h2-3,7,9H,1,4-5H2,(H,10,11). The van der Waals surface area contributed by atoms with Gasteiger partial charge in [0.05, 0.1) is 6.61 Å². The van der Waals surface area contributed by atoms with Gasteiger partial charge in [0.15, 0.2) is 6.23 Å². The molecule has 2 aliphatic rings. The SMILES string of the molecule is C=CC(=O)NC1CC2OCC=C2O1. The third-order valence-electron chi connectivity index (χ3n) is 2.09. The molecule has 1 N–H and O–H groups in total. The smallest absolute Gasteiger partial charge is 0.246 e. The molecule has 0 bridgehead atoms. The van der Waals surface area contributed by atoms with Crippen molar-refractivity contribution in [3.05, 3.63) is 24.5 Å². The molecule has 0 saturated carbocycles. The lowest BCUT2D eigenvalue weighted by molar-refractivity contribution is -0.119. The van der Waals surface area contributed by atoms with Crippen LogP contribution in [0, 0.1) is 0 Å². The van der Waals surface area contributed by atoms with Crippen molar-refractivity contribution < 1.29 is 14.3 Å². The lowest BCUT2D eigenvalue weighted by Gasteiger charge is -2.10. The van der Waals surface area contributed by atoms with Crippen LogP contribution in [0.1, 0.15) is 6.42 Å². The first-order valence-electron chi connectivity index (χ1n) is 4.21. The third kappa shape index (κ3) is 1.58. The molecule has 13 heavy (non-hydrogen) atoms. The second-order valence-electron chi connectivity index (χ2n) is 2.98. The van der Waals surface area contributed by atoms with Gasteiger partial charge in [-0.1, -0.05) is 6.58 Å². The Bertz CT molecular complexity index is 270. The van der Waals surface area contributed by atoms with E-state index in [1.54, 1.807) is 0 Å². The molecule has 0 aromatic rings. The van der Waals surface area contributed by atoms with Crippen molar-refractivity contribution in [1.82, 2.24) is 5.32 Å². The number of carbonyl (C=O) groups excluding carboxylic acids is 1. The van der Waals surface area contributed by atoms with Crippen LogP contribution >= 0.6 is 0 Å². The van der Waals surface area contributed by atoms with E-state index >= 15 is 0 Å². The van der Waals surface area contributed by atoms with Crippen molar-refractivity contribution in [3.8, 4) is 0 Å². The summed E-state index contributed by atoms with van der Waals surface area (Å²) in [6, 6.07) is 0. The normalized spacial score (nSPS) is 30.3. The topological polar surface area (TPSA) is 47.6 Å². The molecule has 1 saturated heterocycles. The number of amides is 1. The van der Waals surface area contributed by atoms with Gasteiger partial charge in [-0.15, -0.1) is 0 Å². The zero-order valence-corrected chi connectivity index (χ0v) is 7.16. The van der Waals surface area contributed by atoms with Gasteiger partial charge in [0.25, 0.3) is 0 Å². The van der Waals surface area contributed by atoms with Crippen LogP contribution in [-0.2, 0) is 14.3 Å². The molecule has 2 rings (SSSR count). The molecule has 4 nitrogen and oxygen atoms in total. The molecule has 2 atom stereocenters. The minimum Gasteiger partial charge on any atom is -0.472 e. The van der Waals surface area contributed by atoms with E-state index in [1.165, 1.54) is 6.08 Å². The van der Waals surface area contributed by atoms with E-state index < -0.39 is 0 Å². The Balaban J connectivity index is 1.91. The molecule has 2 heterocycles. The summed E-state index contributed by atoms with van der Waals surface area (Å²) in [4.78, 5) is 10.9. The first kappa shape index (κ1) is 8.31. The first-order chi connectivity index (χ1) is 6.29. The van der Waals surface area contributed by atoms with Crippen LogP contribution in [0.4, 0.5) is 0 Å². The maximum absolute atomic E-state index is 10.9. The Morgan fingerprint density at radius 1 is 1.77 bits per heavy atom. The fraction of sp³-hybridized carbons (Fsp3) is 0.444. The van der Waals surface area contributed by atoms with Gasteiger partial charge in [-0.2, -0.15) is 0 Å². The molecule has 0 radical (unpaired) electrons. The van der Waals surface area contributed by atoms with Crippen molar-refractivity contribution in [1.29, 1.82) is 0 Å². The Morgan fingerprint density at radius 3 is 3.31 bits per heavy atom. The number of ether oxygens (including phenoxy) is 2. The van der Waals surface area contributed by atoms with E-state index in [9.17, 15) is 4.79 Å². The van der Waals surface area contributed by atoms with Gasteiger partial charge in [0.2, 0.25) is 5.91 Å². The summed E-state index contributed by atoms with van der Waals surface area (Å²) in [5, 5.41) is 2.66. The van der Waals surface area contributed by atoms with Crippen molar-refractivity contribution in [2.75, 3.05) is 6.61 Å². The van der Waals surface area contributed by atoms with Crippen LogP contribution in [-0.4, -0.2) is 24.8 Å². The van der Waals surface area contributed by atoms with E-state index in [1.807, 2.05) is 6.08 Å². The minimum absolute atomic E-state index is 0.0371. The maximum atomic E-state index is 10.9. The van der Waals surface area contributed by atoms with Crippen molar-refractivity contribution in [2.45, 2.75) is 18.8 Å². The molecular formula is C9H11NO3. The number of hydrogen-bond donors (Lipinski definition) is 1. The molecule has 0 aliphatic carbocycles. The van der Waals surface area contributed by atoms with Gasteiger partial charge in [0.1, 0.15) is 11.9 Å². The molecule has 4 heteroatoms. The summed E-state index contributed by atoms with van der Waals surface area (Å²) >= 11 is 0. The third-order valence-corrected chi connectivity index (χ3v) is 2.09. The highest BCUT2D eigenvalue weighted by Gasteiger charge is 2.34. The van der Waals surface area contributed by atoms with Crippen molar-refractivity contribution in [2.24, 2.45) is 0 Å². The zero-order chi connectivity index (χ0) is 9.26. The lowest BCUT2D eigenvalue weighted by Crippen LogP contribution is -2.33. The molecule has 2 unspecified atom stereocenters. The second-order valence-corrected chi connectivity index (χ2v) is 2.98. The van der Waals surface area contributed by atoms with Crippen LogP contribution in [0.2, 0.25) is 0 Å². The van der Waals surface area contributed by atoms with Gasteiger partial charge < -0.3 is 14.8 Å². The predicted molar refractivity (Wildman–Crippen MR) is 45.7 cm³/mol. The van der Waals surface area contributed by atoms with Crippen LogP contribution in [0.25, 0.3) is 0 Å². The van der Waals surface area contributed by atoms with Crippen LogP contribution in [0.3, 0.4) is 0 Å². The van der Waals surface area contributed by atoms with E-state index in [0.29, 0.717) is 13.0 Å². The van der Waals surface area contributed by atoms with Crippen LogP contribution in [0.15, 0.2) is 24.5 Å². The van der Waals surface area contributed by atoms with Crippen LogP contribution < -0.4 is 5.32 Å². The lowest BCUT2D eigenvalue weighted by atomic mass is 10.2. The maximum Gasteiger partial charge on any atom is 0.246 e. The molecule has 70 valence electrons. The summed E-state index contributed by atoms with van der Waals surface area (Å²) in [5.74, 6) is 0.625. The predicted octanol–water partition coefficient (Wildman–Crippen LogP) is 0.318. The highest BCUT2D eigenvalue weighted by molar-refractivity contribution is 5.87. The Kier molecular flexibility index (Phi) is 2.06. The second kappa shape index (κ2) is 3.22. The average molecular weight is 181 g/mol. The summed E-state index contributed by atoms with van der Waals surface area (Å²) < 4.78 is 10.7. The molecule has 0 aromatic carbocycles. The van der Waals surface area contributed by atoms with Gasteiger partial charge in [-0.25, -0.2) is 0 Å². The van der Waals surface area contributed by atoms with E-state index in [2.05, 4.69) is 11.9 Å². The van der Waals surface area contributed by atoms with E-state index in [0.717, 1.165) is 5.76 Å². The molecule has 1 amide bonds. The molecule has 2 aliphatic heterocycles. The number of hydrogen-bond acceptors (Lipinski definition) is 3. The molecule has 1 fully saturated rings. The highest BCUT2D eigenvalue weighted by Crippen LogP contribution is 2.28. The molecule has 0 aromatic heterocycles. The van der Waals surface area contributed by atoms with Gasteiger partial charge in [-0.3, -0.25) is 4.79 Å². The van der Waals surface area contributed by atoms with Crippen molar-refractivity contribution in [3.63, 3.8) is 0 Å². The van der Waals surface area contributed by atoms with Crippen molar-refractivity contribution >= 4 is 5.91 Å².